The molecule has 0 aromatic carbocycles. The quantitative estimate of drug-likeness (QED) is 0.771. The number of thiazole rings is 1. The number of nitrogens with zero attached hydrogens (tertiary/aromatic N) is 4. The molecule has 2 amide bonds. The summed E-state index contributed by atoms with van der Waals surface area (Å²) in [6.07, 6.45) is 0. The molecular weight excluding hydrogens is 342 g/mol. The van der Waals surface area contributed by atoms with Gasteiger partial charge in [0.1, 0.15) is 4.88 Å². The van der Waals surface area contributed by atoms with Gasteiger partial charge in [0.25, 0.3) is 17.5 Å². The Morgan fingerprint density at radius 3 is 2.56 bits per heavy atom. The number of carbonyl (C=O) groups excluding carboxylic acids is 2. The lowest BCUT2D eigenvalue weighted by atomic mass is 10.1. The monoisotopic (exact) mass is 359 g/mol. The van der Waals surface area contributed by atoms with Crippen LogP contribution in [-0.4, -0.2) is 45.9 Å². The first-order valence-corrected chi connectivity index (χ1v) is 8.33. The summed E-state index contributed by atoms with van der Waals surface area (Å²) < 4.78 is 5.15. The predicted molar refractivity (Wildman–Crippen MR) is 94.1 cm³/mol. The summed E-state index contributed by atoms with van der Waals surface area (Å²) >= 11 is 1.15. The van der Waals surface area contributed by atoms with E-state index in [4.69, 9.17) is 4.52 Å². The molecule has 0 aliphatic rings. The van der Waals surface area contributed by atoms with Crippen LogP contribution in [0.3, 0.4) is 0 Å². The van der Waals surface area contributed by atoms with Crippen LogP contribution in [0.4, 0.5) is 5.13 Å². The van der Waals surface area contributed by atoms with Crippen LogP contribution in [0.15, 0.2) is 10.6 Å². The third-order valence-corrected chi connectivity index (χ3v) is 4.67. The number of rotatable bonds is 3. The zero-order chi connectivity index (χ0) is 18.3. The summed E-state index contributed by atoms with van der Waals surface area (Å²) in [5, 5.41) is 7.55. The number of carbonyl (C=O) groups is 2. The summed E-state index contributed by atoms with van der Waals surface area (Å²) in [6.45, 7) is 5.26. The molecule has 0 unspecified atom stereocenters. The van der Waals surface area contributed by atoms with Gasteiger partial charge < -0.3 is 9.42 Å². The first kappa shape index (κ1) is 17.0. The third kappa shape index (κ3) is 3.10. The van der Waals surface area contributed by atoms with Gasteiger partial charge in [-0.2, -0.15) is 0 Å². The molecule has 1 N–H and O–H groups in total. The number of fused-ring (bicyclic) bond motifs is 1. The van der Waals surface area contributed by atoms with Gasteiger partial charge in [0, 0.05) is 19.8 Å². The first-order chi connectivity index (χ1) is 11.8. The Kier molecular flexibility index (Phi) is 4.25. The zero-order valence-electron chi connectivity index (χ0n) is 14.5. The van der Waals surface area contributed by atoms with Crippen molar-refractivity contribution in [2.45, 2.75) is 20.8 Å². The van der Waals surface area contributed by atoms with E-state index < -0.39 is 0 Å². The normalized spacial score (nSPS) is 10.9. The molecule has 0 aliphatic carbocycles. The second kappa shape index (κ2) is 6.25. The van der Waals surface area contributed by atoms with Crippen LogP contribution in [0.25, 0.3) is 11.1 Å². The van der Waals surface area contributed by atoms with Crippen molar-refractivity contribution in [3.63, 3.8) is 0 Å². The van der Waals surface area contributed by atoms with Gasteiger partial charge in [-0.15, -0.1) is 0 Å². The van der Waals surface area contributed by atoms with E-state index >= 15 is 0 Å². The lowest BCUT2D eigenvalue weighted by Crippen LogP contribution is -2.21. The van der Waals surface area contributed by atoms with Crippen LogP contribution in [-0.2, 0) is 0 Å². The number of aryl methyl sites for hydroxylation is 3. The lowest BCUT2D eigenvalue weighted by molar-refractivity contribution is 0.0831. The number of anilines is 1. The minimum absolute atomic E-state index is 0.146. The molecule has 0 saturated heterocycles. The number of hydrogen-bond donors (Lipinski definition) is 1. The Morgan fingerprint density at radius 2 is 1.88 bits per heavy atom. The molecule has 3 heterocycles. The van der Waals surface area contributed by atoms with E-state index in [0.717, 1.165) is 11.3 Å². The largest absolute Gasteiger partial charge is 0.344 e. The maximum Gasteiger partial charge on any atom is 0.265 e. The standard InChI is InChI=1S/C16H17N5O3S/c1-7-6-10(11-8(2)20-24-14(11)17-7)13(22)19-16-18-9(3)12(25-16)15(23)21(4)5/h6H,1-5H3,(H,18,19,22). The van der Waals surface area contributed by atoms with Gasteiger partial charge in [-0.25, -0.2) is 9.97 Å². The van der Waals surface area contributed by atoms with Crippen molar-refractivity contribution in [3.8, 4) is 0 Å². The average molecular weight is 359 g/mol. The number of pyridine rings is 1. The Hall–Kier alpha value is -2.81. The highest BCUT2D eigenvalue weighted by molar-refractivity contribution is 7.17. The van der Waals surface area contributed by atoms with Crippen molar-refractivity contribution >= 4 is 39.4 Å². The molecule has 0 fully saturated rings. The van der Waals surface area contributed by atoms with E-state index in [9.17, 15) is 9.59 Å². The SMILES string of the molecule is Cc1cc(C(=O)Nc2nc(C)c(C(=O)N(C)C)s2)c2c(C)noc2n1. The minimum atomic E-state index is -0.348. The van der Waals surface area contributed by atoms with E-state index in [1.165, 1.54) is 4.90 Å². The van der Waals surface area contributed by atoms with E-state index in [1.54, 1.807) is 40.9 Å². The molecule has 3 aromatic heterocycles. The van der Waals surface area contributed by atoms with Gasteiger partial charge in [-0.05, 0) is 26.8 Å². The Balaban J connectivity index is 1.95. The molecule has 0 spiro atoms. The molecule has 3 rings (SSSR count). The number of nitrogens with one attached hydrogen (secondary N) is 1. The number of aromatic nitrogens is 3. The summed E-state index contributed by atoms with van der Waals surface area (Å²) in [5.74, 6) is -0.494. The minimum Gasteiger partial charge on any atom is -0.344 e. The molecule has 0 bridgehead atoms. The van der Waals surface area contributed by atoms with Gasteiger partial charge in [0.2, 0.25) is 0 Å². The highest BCUT2D eigenvalue weighted by Crippen LogP contribution is 2.26. The summed E-state index contributed by atoms with van der Waals surface area (Å²) in [7, 11) is 3.34. The van der Waals surface area contributed by atoms with E-state index in [2.05, 4.69) is 20.4 Å². The van der Waals surface area contributed by atoms with Crippen LogP contribution < -0.4 is 5.32 Å². The van der Waals surface area contributed by atoms with Crippen LogP contribution in [0, 0.1) is 20.8 Å². The molecule has 0 saturated carbocycles. The van der Waals surface area contributed by atoms with Gasteiger partial charge in [-0.1, -0.05) is 16.5 Å². The van der Waals surface area contributed by atoms with Crippen LogP contribution in [0.1, 0.15) is 37.1 Å². The van der Waals surface area contributed by atoms with Crippen LogP contribution in [0.2, 0.25) is 0 Å². The van der Waals surface area contributed by atoms with Crippen LogP contribution in [0.5, 0.6) is 0 Å². The first-order valence-electron chi connectivity index (χ1n) is 7.52. The van der Waals surface area contributed by atoms with Crippen molar-refractivity contribution in [2.75, 3.05) is 19.4 Å². The molecule has 130 valence electrons. The molecule has 0 aliphatic heterocycles. The van der Waals surface area contributed by atoms with Gasteiger partial charge in [0.05, 0.1) is 22.3 Å². The lowest BCUT2D eigenvalue weighted by Gasteiger charge is -2.07. The van der Waals surface area contributed by atoms with Crippen molar-refractivity contribution in [1.82, 2.24) is 20.0 Å². The Bertz CT molecular complexity index is 989. The second-order valence-electron chi connectivity index (χ2n) is 5.85. The average Bonchev–Trinajstić information content (AvgIpc) is 3.08. The highest BCUT2D eigenvalue weighted by atomic mass is 32.1. The Morgan fingerprint density at radius 1 is 1.16 bits per heavy atom. The summed E-state index contributed by atoms with van der Waals surface area (Å²) in [6, 6.07) is 1.67. The van der Waals surface area contributed by atoms with Gasteiger partial charge >= 0.3 is 0 Å². The Labute approximate surface area is 147 Å². The van der Waals surface area contributed by atoms with E-state index in [1.807, 2.05) is 0 Å². The summed E-state index contributed by atoms with van der Waals surface area (Å²) in [4.78, 5) is 35.3. The second-order valence-corrected chi connectivity index (χ2v) is 6.85. The van der Waals surface area contributed by atoms with E-state index in [-0.39, 0.29) is 11.8 Å². The van der Waals surface area contributed by atoms with Crippen LogP contribution >= 0.6 is 11.3 Å². The maximum atomic E-state index is 12.7. The van der Waals surface area contributed by atoms with Gasteiger partial charge in [0.15, 0.2) is 5.13 Å². The number of amides is 2. The molecule has 25 heavy (non-hydrogen) atoms. The molecule has 0 atom stereocenters. The topological polar surface area (TPSA) is 101 Å². The fraction of sp³-hybridized carbons (Fsp3) is 0.312. The zero-order valence-corrected chi connectivity index (χ0v) is 15.3. The fourth-order valence-electron chi connectivity index (χ4n) is 2.41. The van der Waals surface area contributed by atoms with Gasteiger partial charge in [-0.3, -0.25) is 14.9 Å². The fourth-order valence-corrected chi connectivity index (χ4v) is 3.40. The molecular formula is C16H17N5O3S. The van der Waals surface area contributed by atoms with Crippen molar-refractivity contribution in [2.24, 2.45) is 0 Å². The third-order valence-electron chi connectivity index (χ3n) is 3.61. The predicted octanol–water partition coefficient (Wildman–Crippen LogP) is 2.56. The number of hydrogen-bond acceptors (Lipinski definition) is 7. The van der Waals surface area contributed by atoms with Crippen molar-refractivity contribution in [1.29, 1.82) is 0 Å². The summed E-state index contributed by atoms with van der Waals surface area (Å²) in [5.41, 5.74) is 2.55. The van der Waals surface area contributed by atoms with Crippen molar-refractivity contribution < 1.29 is 14.1 Å². The van der Waals surface area contributed by atoms with E-state index in [0.29, 0.717) is 43.8 Å². The smallest absolute Gasteiger partial charge is 0.265 e. The highest BCUT2D eigenvalue weighted by Gasteiger charge is 2.21. The van der Waals surface area contributed by atoms with Crippen molar-refractivity contribution in [3.05, 3.63) is 33.6 Å². The maximum absolute atomic E-state index is 12.7. The molecule has 8 nitrogen and oxygen atoms in total. The molecule has 0 radical (unpaired) electrons. The molecule has 9 heteroatoms. The molecule has 3 aromatic rings.